The molecule has 9 nitrogen and oxygen atoms in total. The highest BCUT2D eigenvalue weighted by Gasteiger charge is 2.44. The van der Waals surface area contributed by atoms with E-state index in [4.69, 9.17) is 9.47 Å². The van der Waals surface area contributed by atoms with Gasteiger partial charge in [0.1, 0.15) is 24.4 Å². The second kappa shape index (κ2) is 69.2. The van der Waals surface area contributed by atoms with E-state index >= 15 is 0 Å². The Bertz CT molecular complexity index is 1500. The van der Waals surface area contributed by atoms with Gasteiger partial charge in [0, 0.05) is 6.42 Å². The van der Waals surface area contributed by atoms with Gasteiger partial charge in [-0.05, 0) is 51.4 Å². The number of hydrogen-bond acceptors (Lipinski definition) is 8. The Morgan fingerprint density at radius 2 is 0.663 bits per heavy atom. The zero-order valence-electron chi connectivity index (χ0n) is 59.2. The van der Waals surface area contributed by atoms with Crippen LogP contribution < -0.4 is 5.32 Å². The van der Waals surface area contributed by atoms with Gasteiger partial charge >= 0.3 is 0 Å². The number of carbonyl (C=O) groups excluding carboxylic acids is 1. The largest absolute Gasteiger partial charge is 0.394 e. The summed E-state index contributed by atoms with van der Waals surface area (Å²) in [6.45, 7) is 3.89. The Morgan fingerprint density at radius 1 is 0.382 bits per heavy atom. The summed E-state index contributed by atoms with van der Waals surface area (Å²) in [4.78, 5) is 13.2. The third-order valence-corrected chi connectivity index (χ3v) is 19.2. The number of hydrogen-bond donors (Lipinski definition) is 6. The summed E-state index contributed by atoms with van der Waals surface area (Å²) in [5, 5.41) is 55.1. The van der Waals surface area contributed by atoms with E-state index in [0.29, 0.717) is 12.8 Å². The van der Waals surface area contributed by atoms with Crippen LogP contribution >= 0.6 is 0 Å². The molecule has 7 atom stereocenters. The van der Waals surface area contributed by atoms with Gasteiger partial charge in [0.25, 0.3) is 0 Å². The molecule has 7 unspecified atom stereocenters. The molecule has 0 saturated carbocycles. The highest BCUT2D eigenvalue weighted by molar-refractivity contribution is 5.76. The smallest absolute Gasteiger partial charge is 0.220 e. The van der Waals surface area contributed by atoms with Crippen LogP contribution in [0.1, 0.15) is 412 Å². The van der Waals surface area contributed by atoms with Crippen molar-refractivity contribution >= 4 is 5.91 Å². The minimum atomic E-state index is -1.55. The normalized spacial score (nSPS) is 17.9. The monoisotopic (exact) mass is 1260 g/mol. The Morgan fingerprint density at radius 3 is 0.978 bits per heavy atom. The van der Waals surface area contributed by atoms with Gasteiger partial charge in [-0.1, -0.05) is 391 Å². The number of allylic oxidation sites excluding steroid dienone is 6. The van der Waals surface area contributed by atoms with Crippen LogP contribution in [-0.4, -0.2) is 87.5 Å². The molecule has 0 aromatic rings. The molecule has 6 N–H and O–H groups in total. The molecule has 1 aliphatic rings. The van der Waals surface area contributed by atoms with Crippen LogP contribution in [0.5, 0.6) is 0 Å². The van der Waals surface area contributed by atoms with Crippen molar-refractivity contribution < 1.29 is 39.8 Å². The highest BCUT2D eigenvalue weighted by Crippen LogP contribution is 2.24. The van der Waals surface area contributed by atoms with Gasteiger partial charge in [0.15, 0.2) is 6.29 Å². The second-order valence-electron chi connectivity index (χ2n) is 27.9. The average molecular weight is 1260 g/mol. The molecule has 9 heteroatoms. The van der Waals surface area contributed by atoms with Gasteiger partial charge in [-0.3, -0.25) is 4.79 Å². The molecule has 0 radical (unpaired) electrons. The van der Waals surface area contributed by atoms with E-state index in [9.17, 15) is 30.3 Å². The molecule has 1 amide bonds. The van der Waals surface area contributed by atoms with E-state index in [2.05, 4.69) is 55.6 Å². The fourth-order valence-corrected chi connectivity index (χ4v) is 13.1. The topological polar surface area (TPSA) is 149 Å². The van der Waals surface area contributed by atoms with E-state index in [-0.39, 0.29) is 12.5 Å². The van der Waals surface area contributed by atoms with Crippen molar-refractivity contribution in [1.82, 2.24) is 5.32 Å². The van der Waals surface area contributed by atoms with Crippen LogP contribution in [0.3, 0.4) is 0 Å². The number of unbranched alkanes of at least 4 members (excludes halogenated alkanes) is 55. The first-order chi connectivity index (χ1) is 43.8. The quantitative estimate of drug-likeness (QED) is 0.0261. The summed E-state index contributed by atoms with van der Waals surface area (Å²) in [7, 11) is 0. The first-order valence-electron chi connectivity index (χ1n) is 39.7. The highest BCUT2D eigenvalue weighted by atomic mass is 16.7. The molecule has 526 valence electrons. The van der Waals surface area contributed by atoms with Crippen molar-refractivity contribution in [2.24, 2.45) is 0 Å². The van der Waals surface area contributed by atoms with E-state index in [1.54, 1.807) is 0 Å². The van der Waals surface area contributed by atoms with Crippen molar-refractivity contribution in [2.45, 2.75) is 455 Å². The minimum absolute atomic E-state index is 0.134. The summed E-state index contributed by atoms with van der Waals surface area (Å²) in [5.74, 6) is -0.136. The Labute approximate surface area is 552 Å². The molecule has 0 aliphatic carbocycles. The number of rotatable bonds is 71. The van der Waals surface area contributed by atoms with Gasteiger partial charge in [-0.25, -0.2) is 0 Å². The lowest BCUT2D eigenvalue weighted by atomic mass is 9.99. The van der Waals surface area contributed by atoms with Crippen LogP contribution in [0, 0.1) is 0 Å². The third kappa shape index (κ3) is 57.6. The summed E-state index contributed by atoms with van der Waals surface area (Å²) in [5.41, 5.74) is 0. The maximum atomic E-state index is 13.2. The molecule has 89 heavy (non-hydrogen) atoms. The molecule has 1 heterocycles. The average Bonchev–Trinajstić information content (AvgIpc) is 2.28. The first kappa shape index (κ1) is 85.4. The van der Waals surface area contributed by atoms with Crippen LogP contribution in [0.25, 0.3) is 0 Å². The van der Waals surface area contributed by atoms with Crippen molar-refractivity contribution in [2.75, 3.05) is 13.2 Å². The van der Waals surface area contributed by atoms with E-state index in [0.717, 1.165) is 51.4 Å². The molecule has 1 fully saturated rings. The van der Waals surface area contributed by atoms with Gasteiger partial charge in [-0.2, -0.15) is 0 Å². The molecule has 1 saturated heterocycles. The number of aliphatic hydroxyl groups excluding tert-OH is 5. The van der Waals surface area contributed by atoms with Gasteiger partial charge in [0.2, 0.25) is 5.91 Å². The van der Waals surface area contributed by atoms with E-state index in [1.165, 1.54) is 334 Å². The maximum Gasteiger partial charge on any atom is 0.220 e. The summed E-state index contributed by atoms with van der Waals surface area (Å²) in [6, 6.07) is -0.720. The number of carbonyl (C=O) groups is 1. The lowest BCUT2D eigenvalue weighted by Gasteiger charge is -2.40. The molecule has 1 aliphatic heterocycles. The molecule has 0 aromatic carbocycles. The summed E-state index contributed by atoms with van der Waals surface area (Å²) < 4.78 is 11.4. The number of nitrogens with one attached hydrogen (secondary N) is 1. The molecule has 1 rings (SSSR count). The van der Waals surface area contributed by atoms with Crippen LogP contribution in [0.2, 0.25) is 0 Å². The predicted octanol–water partition coefficient (Wildman–Crippen LogP) is 22.5. The summed E-state index contributed by atoms with van der Waals surface area (Å²) in [6.07, 6.45) is 86.8. The number of aliphatic hydroxyl groups is 5. The predicted molar refractivity (Wildman–Crippen MR) is 383 cm³/mol. The molecular weight excluding hydrogens is 1100 g/mol. The SMILES string of the molecule is CCCCCCC/C=C\C/C=C\C/C=C\CCCCCCCCCCCCCCCCCCCCC(=O)NC(COC1OC(CO)C(O)C(O)C1O)C(O)CCCCCCCCCCCCCCCCCCCCCCCCCCCCCCCCCCC. The molecule has 0 aromatic heterocycles. The van der Waals surface area contributed by atoms with Crippen LogP contribution in [0.4, 0.5) is 0 Å². The zero-order chi connectivity index (χ0) is 64.2. The first-order valence-corrected chi connectivity index (χ1v) is 39.7. The van der Waals surface area contributed by atoms with E-state index in [1.807, 2.05) is 0 Å². The Kier molecular flexibility index (Phi) is 66.5. The van der Waals surface area contributed by atoms with Crippen molar-refractivity contribution in [1.29, 1.82) is 0 Å². The Balaban J connectivity index is 2.06. The fourth-order valence-electron chi connectivity index (χ4n) is 13.1. The lowest BCUT2D eigenvalue weighted by molar-refractivity contribution is -0.302. The second-order valence-corrected chi connectivity index (χ2v) is 27.9. The van der Waals surface area contributed by atoms with Crippen molar-refractivity contribution in [3.8, 4) is 0 Å². The zero-order valence-corrected chi connectivity index (χ0v) is 59.2. The molecular formula is C80H153NO8. The number of amides is 1. The van der Waals surface area contributed by atoms with Gasteiger partial charge < -0.3 is 40.3 Å². The fraction of sp³-hybridized carbons (Fsp3) is 0.912. The van der Waals surface area contributed by atoms with Crippen LogP contribution in [-0.2, 0) is 14.3 Å². The van der Waals surface area contributed by atoms with Crippen molar-refractivity contribution in [3.05, 3.63) is 36.5 Å². The minimum Gasteiger partial charge on any atom is -0.394 e. The van der Waals surface area contributed by atoms with Crippen LogP contribution in [0.15, 0.2) is 36.5 Å². The maximum absolute atomic E-state index is 13.2. The molecule has 0 spiro atoms. The summed E-state index contributed by atoms with van der Waals surface area (Å²) >= 11 is 0. The molecule has 0 bridgehead atoms. The van der Waals surface area contributed by atoms with Gasteiger partial charge in [0.05, 0.1) is 25.4 Å². The third-order valence-electron chi connectivity index (χ3n) is 19.2. The standard InChI is InChI=1S/C80H153NO8/c1-3-5-7-9-11-13-15-17-19-21-23-25-27-29-31-33-35-37-39-41-43-45-47-49-51-53-55-57-59-61-63-65-67-69-74(83)73(72-88-80-79(87)78(86)77(85)75(71-82)89-80)81-76(84)70-68-66-64-62-60-58-56-54-52-50-48-46-44-42-40-38-36-34-32-30-28-26-24-22-20-18-16-14-12-10-8-6-4-2/h16,18,22,24,28,30,73-75,77-80,82-83,85-87H,3-15,17,19-21,23,25-27,29,31-72H2,1-2H3,(H,81,84)/b18-16-,24-22-,30-28-. The lowest BCUT2D eigenvalue weighted by Crippen LogP contribution is -2.60. The number of ether oxygens (including phenoxy) is 2. The van der Waals surface area contributed by atoms with Crippen molar-refractivity contribution in [3.63, 3.8) is 0 Å². The van der Waals surface area contributed by atoms with E-state index < -0.39 is 49.5 Å². The van der Waals surface area contributed by atoms with Gasteiger partial charge in [-0.15, -0.1) is 0 Å². The Hall–Kier alpha value is -1.59.